The maximum absolute atomic E-state index is 12.8. The first-order chi connectivity index (χ1) is 25.7. The van der Waals surface area contributed by atoms with Crippen molar-refractivity contribution in [2.24, 2.45) is 10.2 Å². The molecule has 2 amide bonds. The fraction of sp³-hybridized carbons (Fsp3) is 0.314. The molecule has 0 unspecified atom stereocenters. The Hall–Kier alpha value is -2.90. The largest absolute Gasteiger partial charge is 1.00 e. The van der Waals surface area contributed by atoms with E-state index in [9.17, 15) is 40.8 Å². The first-order valence-electron chi connectivity index (χ1n) is 16.5. The van der Waals surface area contributed by atoms with Gasteiger partial charge in [-0.25, -0.2) is 21.5 Å². The molecule has 0 spiro atoms. The van der Waals surface area contributed by atoms with Crippen molar-refractivity contribution >= 4 is 83.8 Å². The molecule has 16 nitrogen and oxygen atoms in total. The van der Waals surface area contributed by atoms with Crippen LogP contribution in [0.25, 0.3) is 5.69 Å². The number of anilines is 3. The summed E-state index contributed by atoms with van der Waals surface area (Å²) < 4.78 is 68.7. The Balaban J connectivity index is 0.00000561. The predicted molar refractivity (Wildman–Crippen MR) is 207 cm³/mol. The fourth-order valence-electron chi connectivity index (χ4n) is 5.35. The van der Waals surface area contributed by atoms with Gasteiger partial charge in [0, 0.05) is 53.9 Å². The fourth-order valence-corrected chi connectivity index (χ4v) is 6.96. The van der Waals surface area contributed by atoms with E-state index in [1.54, 1.807) is 35.2 Å². The summed E-state index contributed by atoms with van der Waals surface area (Å²) in [5.41, 5.74) is 1.16. The number of hydrogen-bond acceptors (Lipinski definition) is 13. The van der Waals surface area contributed by atoms with Crippen molar-refractivity contribution in [2.75, 3.05) is 40.1 Å². The number of nitrogens with zero attached hydrogens (tertiary/aromatic N) is 6. The Morgan fingerprint density at radius 1 is 0.895 bits per heavy atom. The van der Waals surface area contributed by atoms with E-state index in [-0.39, 0.29) is 129 Å². The summed E-state index contributed by atoms with van der Waals surface area (Å²) in [6, 6.07) is 18.1. The summed E-state index contributed by atoms with van der Waals surface area (Å²) in [7, 11) is -9.08. The van der Waals surface area contributed by atoms with Crippen LogP contribution in [0, 0.1) is 11.3 Å². The van der Waals surface area contributed by atoms with Gasteiger partial charge in [-0.2, -0.15) is 10.4 Å². The van der Waals surface area contributed by atoms with Gasteiger partial charge in [0.25, 0.3) is 5.91 Å². The molecule has 2 N–H and O–H groups in total. The van der Waals surface area contributed by atoms with Crippen molar-refractivity contribution in [3.8, 4) is 11.8 Å². The first kappa shape index (κ1) is 50.2. The van der Waals surface area contributed by atoms with Crippen molar-refractivity contribution in [1.29, 1.82) is 5.26 Å². The Labute approximate surface area is 385 Å². The van der Waals surface area contributed by atoms with Crippen LogP contribution in [0.3, 0.4) is 0 Å². The molecule has 0 saturated heterocycles. The molecule has 0 aliphatic rings. The first-order valence-corrected chi connectivity index (χ1v) is 20.4. The van der Waals surface area contributed by atoms with Crippen LogP contribution in [-0.4, -0.2) is 72.1 Å². The van der Waals surface area contributed by atoms with Crippen molar-refractivity contribution in [3.63, 3.8) is 0 Å². The van der Waals surface area contributed by atoms with E-state index >= 15 is 0 Å². The van der Waals surface area contributed by atoms with Crippen LogP contribution in [0.5, 0.6) is 0 Å². The second kappa shape index (κ2) is 21.4. The summed E-state index contributed by atoms with van der Waals surface area (Å²) in [5, 5.41) is 29.3. The topological polar surface area (TPSA) is 242 Å². The normalized spacial score (nSPS) is 11.6. The molecule has 0 atom stereocenters. The van der Waals surface area contributed by atoms with Gasteiger partial charge in [-0.3, -0.25) is 9.59 Å². The third-order valence-electron chi connectivity index (χ3n) is 7.76. The van der Waals surface area contributed by atoms with E-state index in [0.717, 1.165) is 0 Å². The molecular formula is C35H36Cl2N8Na2O8S2. The minimum Gasteiger partial charge on any atom is -0.748 e. The Kier molecular flexibility index (Phi) is 18.8. The Morgan fingerprint density at radius 3 is 1.95 bits per heavy atom. The Morgan fingerprint density at radius 2 is 1.46 bits per heavy atom. The van der Waals surface area contributed by atoms with E-state index in [2.05, 4.69) is 32.0 Å². The van der Waals surface area contributed by atoms with Crippen LogP contribution >= 0.6 is 23.2 Å². The van der Waals surface area contributed by atoms with Crippen LogP contribution in [-0.2, 0) is 30.4 Å². The molecule has 3 aromatic carbocycles. The molecule has 0 saturated carbocycles. The zero-order valence-corrected chi connectivity index (χ0v) is 39.2. The maximum atomic E-state index is 12.8. The number of halogens is 2. The van der Waals surface area contributed by atoms with Crippen LogP contribution in [0.15, 0.2) is 70.9 Å². The van der Waals surface area contributed by atoms with E-state index in [4.69, 9.17) is 23.2 Å². The molecule has 22 heteroatoms. The Bertz CT molecular complexity index is 2330. The molecule has 0 aliphatic heterocycles. The van der Waals surface area contributed by atoms with Crippen molar-refractivity contribution in [1.82, 2.24) is 9.78 Å². The minimum absolute atomic E-state index is 0. The summed E-state index contributed by atoms with van der Waals surface area (Å²) in [5.74, 6) is -2.32. The van der Waals surface area contributed by atoms with Gasteiger partial charge in [0.1, 0.15) is 23.0 Å². The number of hydrogen-bond donors (Lipinski definition) is 2. The number of carbonyl (C=O) groups is 2. The number of carbonyl (C=O) groups excluding carboxylic acids is 2. The third kappa shape index (κ3) is 14.7. The molecule has 292 valence electrons. The molecule has 57 heavy (non-hydrogen) atoms. The third-order valence-corrected chi connectivity index (χ3v) is 9.91. The predicted octanol–water partition coefficient (Wildman–Crippen LogP) is 0.659. The van der Waals surface area contributed by atoms with Crippen LogP contribution in [0.2, 0.25) is 10.0 Å². The molecule has 0 radical (unpaired) electrons. The number of nitrogens with one attached hydrogen (secondary N) is 2. The summed E-state index contributed by atoms with van der Waals surface area (Å²) in [6.45, 7) is 6.76. The van der Waals surface area contributed by atoms with Crippen LogP contribution < -0.4 is 74.6 Å². The molecule has 4 aromatic rings. The van der Waals surface area contributed by atoms with E-state index in [1.165, 1.54) is 41.9 Å². The molecule has 0 aliphatic carbocycles. The zero-order valence-electron chi connectivity index (χ0n) is 32.0. The van der Waals surface area contributed by atoms with Gasteiger partial charge in [0.15, 0.2) is 5.82 Å². The second-order valence-electron chi connectivity index (χ2n) is 13.2. The number of benzene rings is 3. The molecule has 0 fully saturated rings. The number of azo groups is 1. The molecule has 1 aromatic heterocycles. The summed E-state index contributed by atoms with van der Waals surface area (Å²) >= 11 is 13.5. The quantitative estimate of drug-likeness (QED) is 0.0955. The minimum atomic E-state index is -4.54. The maximum Gasteiger partial charge on any atom is 1.00 e. The molecule has 1 heterocycles. The molecular weight excluding hydrogens is 841 g/mol. The van der Waals surface area contributed by atoms with Gasteiger partial charge in [-0.1, -0.05) is 62.2 Å². The average Bonchev–Trinajstić information content (AvgIpc) is 3.44. The summed E-state index contributed by atoms with van der Waals surface area (Å²) in [6.07, 6.45) is -0.204. The number of nitriles is 1. The van der Waals surface area contributed by atoms with E-state index in [0.29, 0.717) is 16.9 Å². The number of amides is 2. The van der Waals surface area contributed by atoms with Crippen LogP contribution in [0.4, 0.5) is 28.6 Å². The van der Waals surface area contributed by atoms with Gasteiger partial charge in [-0.15, -0.1) is 10.2 Å². The number of aromatic nitrogens is 2. The molecule has 4 rings (SSSR count). The van der Waals surface area contributed by atoms with Gasteiger partial charge in [-0.05, 0) is 55.3 Å². The SMILES string of the molecule is CC(=O)Nc1cc(N(CCCS(=O)(=O)[O-])CCCS(=O)(=O)[O-])ccc1N=Nc1c(C#N)c(C(C)(C)C)nn1-c1c(Cl)cc(NC(=O)c2ccccc2)cc1Cl.[Na+].[Na+]. The number of rotatable bonds is 15. The van der Waals surface area contributed by atoms with Gasteiger partial charge < -0.3 is 24.6 Å². The van der Waals surface area contributed by atoms with Crippen molar-refractivity contribution < 1.29 is 94.6 Å². The zero-order chi connectivity index (χ0) is 40.7. The van der Waals surface area contributed by atoms with E-state index < -0.39 is 49.0 Å². The standard InChI is InChI=1S/C35H38Cl2N8O8S2.2Na/c1-22(46)39-30-20-25(44(14-8-16-54(48,49)50)15-9-17-55(51,52)53)12-13-29(30)41-42-33-26(21-38)32(35(2,3)4)43-45(33)31-27(36)18-24(19-28(31)37)40-34(47)23-10-6-5-7-11-23;;/h5-7,10-13,18-20H,8-9,14-17H2,1-4H3,(H,39,46)(H,40,47)(H,48,49,50)(H,51,52,53);;/q;2*+1/p-2. The summed E-state index contributed by atoms with van der Waals surface area (Å²) in [4.78, 5) is 26.6. The smallest absolute Gasteiger partial charge is 0.748 e. The van der Waals surface area contributed by atoms with E-state index in [1.807, 2.05) is 20.8 Å². The van der Waals surface area contributed by atoms with Gasteiger partial charge >= 0.3 is 59.1 Å². The van der Waals surface area contributed by atoms with Crippen molar-refractivity contribution in [2.45, 2.75) is 46.0 Å². The van der Waals surface area contributed by atoms with Gasteiger partial charge in [0.2, 0.25) is 5.91 Å². The monoisotopic (exact) mass is 876 g/mol. The average molecular weight is 878 g/mol. The molecule has 0 bridgehead atoms. The second-order valence-corrected chi connectivity index (χ2v) is 17.1. The van der Waals surface area contributed by atoms with Crippen molar-refractivity contribution in [3.05, 3.63) is 87.5 Å². The van der Waals surface area contributed by atoms with Gasteiger partial charge in [0.05, 0.1) is 41.7 Å². The van der Waals surface area contributed by atoms with Crippen LogP contribution in [0.1, 0.15) is 62.2 Å².